The number of amides is 3. The van der Waals surface area contributed by atoms with Crippen molar-refractivity contribution >= 4 is 17.6 Å². The molecule has 1 aromatic heterocycles. The molecule has 8 nitrogen and oxygen atoms in total. The summed E-state index contributed by atoms with van der Waals surface area (Å²) in [7, 11) is 0. The number of benzene rings is 1. The van der Waals surface area contributed by atoms with Crippen LogP contribution in [0.2, 0.25) is 0 Å². The molecule has 0 aliphatic carbocycles. The second kappa shape index (κ2) is 9.78. The molecule has 1 aromatic carbocycles. The molecule has 2 aromatic rings. The van der Waals surface area contributed by atoms with Gasteiger partial charge in [0, 0.05) is 57.7 Å². The smallest absolute Gasteiger partial charge is 0.325 e. The summed E-state index contributed by atoms with van der Waals surface area (Å²) >= 11 is 0. The Bertz CT molecular complexity index is 882. The Balaban J connectivity index is 1.26. The van der Waals surface area contributed by atoms with Crippen molar-refractivity contribution in [2.75, 3.05) is 57.3 Å². The van der Waals surface area contributed by atoms with Gasteiger partial charge in [0.25, 0.3) is 0 Å². The predicted octanol–water partition coefficient (Wildman–Crippen LogP) is 2.07. The first kappa shape index (κ1) is 21.1. The van der Waals surface area contributed by atoms with Crippen LogP contribution in [0.15, 0.2) is 48.7 Å². The van der Waals surface area contributed by atoms with Crippen molar-refractivity contribution in [1.82, 2.24) is 19.7 Å². The van der Waals surface area contributed by atoms with Crippen LogP contribution in [-0.4, -0.2) is 84.0 Å². The van der Waals surface area contributed by atoms with Gasteiger partial charge >= 0.3 is 6.03 Å². The van der Waals surface area contributed by atoms with E-state index >= 15 is 0 Å². The normalized spacial score (nSPS) is 17.3. The minimum atomic E-state index is -0.119. The maximum atomic E-state index is 12.8. The fourth-order valence-electron chi connectivity index (χ4n) is 4.00. The van der Waals surface area contributed by atoms with Gasteiger partial charge in [-0.05, 0) is 43.3 Å². The maximum Gasteiger partial charge on any atom is 0.325 e. The van der Waals surface area contributed by atoms with Gasteiger partial charge in [-0.25, -0.2) is 4.79 Å². The summed E-state index contributed by atoms with van der Waals surface area (Å²) in [4.78, 5) is 37.5. The van der Waals surface area contributed by atoms with Crippen LogP contribution in [0, 0.1) is 0 Å². The molecule has 0 radical (unpaired) electrons. The number of carbonyl (C=O) groups excluding carboxylic acids is 2. The molecule has 3 amide bonds. The molecule has 0 saturated carbocycles. The number of urea groups is 1. The summed E-state index contributed by atoms with van der Waals surface area (Å²) in [5, 5.41) is 0. The SMILES string of the molecule is CCOc1ccc(N2CCN(CC(=O)N3CCN(Cc4ccccn4)CC3)C2=O)cc1. The summed E-state index contributed by atoms with van der Waals surface area (Å²) in [5.41, 5.74) is 1.87. The molecular weight excluding hydrogens is 394 g/mol. The van der Waals surface area contributed by atoms with Gasteiger partial charge in [0.1, 0.15) is 12.3 Å². The zero-order valence-electron chi connectivity index (χ0n) is 17.9. The number of nitrogens with zero attached hydrogens (tertiary/aromatic N) is 5. The number of anilines is 1. The van der Waals surface area contributed by atoms with Crippen molar-refractivity contribution < 1.29 is 14.3 Å². The van der Waals surface area contributed by atoms with E-state index in [-0.39, 0.29) is 18.5 Å². The molecule has 2 fully saturated rings. The van der Waals surface area contributed by atoms with Crippen LogP contribution in [0.5, 0.6) is 5.75 Å². The molecule has 0 N–H and O–H groups in total. The largest absolute Gasteiger partial charge is 0.494 e. The number of pyridine rings is 1. The van der Waals surface area contributed by atoms with E-state index in [9.17, 15) is 9.59 Å². The molecule has 164 valence electrons. The van der Waals surface area contributed by atoms with Gasteiger partial charge in [-0.15, -0.1) is 0 Å². The molecule has 0 spiro atoms. The standard InChI is InChI=1S/C23H29N5O3/c1-2-31-21-8-6-20(7-9-21)28-16-15-27(23(28)30)18-22(29)26-13-11-25(12-14-26)17-19-5-3-4-10-24-19/h3-10H,2,11-18H2,1H3. The van der Waals surface area contributed by atoms with Gasteiger partial charge in [0.2, 0.25) is 5.91 Å². The monoisotopic (exact) mass is 423 g/mol. The first-order valence-electron chi connectivity index (χ1n) is 10.8. The number of ether oxygens (including phenoxy) is 1. The number of hydrogen-bond donors (Lipinski definition) is 0. The molecule has 8 heteroatoms. The van der Waals surface area contributed by atoms with E-state index in [1.54, 1.807) is 16.0 Å². The Morgan fingerprint density at radius 2 is 1.77 bits per heavy atom. The van der Waals surface area contributed by atoms with Gasteiger partial charge in [-0.3, -0.25) is 19.6 Å². The van der Waals surface area contributed by atoms with E-state index in [2.05, 4.69) is 9.88 Å². The molecule has 4 rings (SSSR count). The summed E-state index contributed by atoms with van der Waals surface area (Å²) in [6.07, 6.45) is 1.80. The van der Waals surface area contributed by atoms with Crippen LogP contribution in [0.25, 0.3) is 0 Å². The van der Waals surface area contributed by atoms with Gasteiger partial charge in [0.05, 0.1) is 12.3 Å². The average molecular weight is 424 g/mol. The quantitative estimate of drug-likeness (QED) is 0.682. The third kappa shape index (κ3) is 5.14. The number of carbonyl (C=O) groups is 2. The zero-order chi connectivity index (χ0) is 21.6. The molecule has 3 heterocycles. The van der Waals surface area contributed by atoms with Crippen LogP contribution in [0.1, 0.15) is 12.6 Å². The highest BCUT2D eigenvalue weighted by Gasteiger charge is 2.32. The summed E-state index contributed by atoms with van der Waals surface area (Å²) in [6, 6.07) is 13.3. The average Bonchev–Trinajstić information content (AvgIpc) is 3.16. The molecule has 31 heavy (non-hydrogen) atoms. The summed E-state index contributed by atoms with van der Waals surface area (Å²) in [5.74, 6) is 0.798. The lowest BCUT2D eigenvalue weighted by atomic mass is 10.2. The van der Waals surface area contributed by atoms with Crippen molar-refractivity contribution in [3.05, 3.63) is 54.4 Å². The third-order valence-electron chi connectivity index (χ3n) is 5.72. The van der Waals surface area contributed by atoms with Crippen molar-refractivity contribution in [2.24, 2.45) is 0 Å². The van der Waals surface area contributed by atoms with Gasteiger partial charge in [-0.2, -0.15) is 0 Å². The van der Waals surface area contributed by atoms with E-state index in [4.69, 9.17) is 4.74 Å². The zero-order valence-corrected chi connectivity index (χ0v) is 17.9. The first-order valence-corrected chi connectivity index (χ1v) is 10.8. The Hall–Kier alpha value is -3.13. The van der Waals surface area contributed by atoms with Crippen molar-refractivity contribution in [1.29, 1.82) is 0 Å². The molecule has 0 bridgehead atoms. The lowest BCUT2D eigenvalue weighted by Crippen LogP contribution is -2.51. The van der Waals surface area contributed by atoms with Gasteiger partial charge < -0.3 is 14.5 Å². The molecule has 0 atom stereocenters. The minimum absolute atomic E-state index is 0.0133. The van der Waals surface area contributed by atoms with E-state index in [0.29, 0.717) is 32.8 Å². The van der Waals surface area contributed by atoms with Crippen molar-refractivity contribution in [2.45, 2.75) is 13.5 Å². The molecule has 0 unspecified atom stereocenters. The highest BCUT2D eigenvalue weighted by Crippen LogP contribution is 2.23. The summed E-state index contributed by atoms with van der Waals surface area (Å²) in [6.45, 7) is 7.59. The van der Waals surface area contributed by atoms with Crippen molar-refractivity contribution in [3.8, 4) is 5.75 Å². The van der Waals surface area contributed by atoms with E-state index in [1.165, 1.54) is 0 Å². The summed E-state index contributed by atoms with van der Waals surface area (Å²) < 4.78 is 5.46. The Morgan fingerprint density at radius 3 is 2.45 bits per heavy atom. The molecular formula is C23H29N5O3. The molecule has 2 aliphatic rings. The van der Waals surface area contributed by atoms with Crippen molar-refractivity contribution in [3.63, 3.8) is 0 Å². The topological polar surface area (TPSA) is 69.2 Å². The molecule has 2 saturated heterocycles. The molecule has 2 aliphatic heterocycles. The van der Waals surface area contributed by atoms with Crippen LogP contribution in [0.3, 0.4) is 0 Å². The maximum absolute atomic E-state index is 12.8. The Morgan fingerprint density at radius 1 is 1.00 bits per heavy atom. The number of piperazine rings is 1. The number of rotatable bonds is 7. The van der Waals surface area contributed by atoms with Gasteiger partial charge in [-0.1, -0.05) is 6.07 Å². The predicted molar refractivity (Wildman–Crippen MR) is 118 cm³/mol. The lowest BCUT2D eigenvalue weighted by molar-refractivity contribution is -0.133. The second-order valence-electron chi connectivity index (χ2n) is 7.76. The fraction of sp³-hybridized carbons (Fsp3) is 0.435. The fourth-order valence-corrected chi connectivity index (χ4v) is 4.00. The highest BCUT2D eigenvalue weighted by molar-refractivity contribution is 5.96. The van der Waals surface area contributed by atoms with E-state index < -0.39 is 0 Å². The first-order chi connectivity index (χ1) is 15.1. The third-order valence-corrected chi connectivity index (χ3v) is 5.72. The number of hydrogen-bond acceptors (Lipinski definition) is 5. The highest BCUT2D eigenvalue weighted by atomic mass is 16.5. The van der Waals surface area contributed by atoms with Gasteiger partial charge in [0.15, 0.2) is 0 Å². The number of aromatic nitrogens is 1. The Kier molecular flexibility index (Phi) is 6.66. The van der Waals surface area contributed by atoms with Crippen LogP contribution >= 0.6 is 0 Å². The van der Waals surface area contributed by atoms with Crippen LogP contribution in [0.4, 0.5) is 10.5 Å². The van der Waals surface area contributed by atoms with E-state index in [1.807, 2.05) is 54.3 Å². The lowest BCUT2D eigenvalue weighted by Gasteiger charge is -2.35. The van der Waals surface area contributed by atoms with Crippen LogP contribution < -0.4 is 9.64 Å². The van der Waals surface area contributed by atoms with Crippen LogP contribution in [-0.2, 0) is 11.3 Å². The Labute approximate surface area is 183 Å². The second-order valence-corrected chi connectivity index (χ2v) is 7.76. The minimum Gasteiger partial charge on any atom is -0.494 e. The van der Waals surface area contributed by atoms with E-state index in [0.717, 1.165) is 36.8 Å².